The lowest BCUT2D eigenvalue weighted by molar-refractivity contribution is 0.211. The van der Waals surface area contributed by atoms with Crippen LogP contribution in [0.5, 0.6) is 0 Å². The number of ether oxygens (including phenoxy) is 1. The van der Waals surface area contributed by atoms with E-state index in [0.29, 0.717) is 25.4 Å². The third-order valence-corrected chi connectivity index (χ3v) is 2.27. The minimum atomic E-state index is -0.330. The number of rotatable bonds is 6. The second-order valence-corrected chi connectivity index (χ2v) is 3.45. The van der Waals surface area contributed by atoms with Crippen molar-refractivity contribution >= 4 is 17.3 Å². The fourth-order valence-electron chi connectivity index (χ4n) is 1.13. The molecule has 0 aromatic carbocycles. The standard InChI is InChI=1S/C10H14ClN3O2/c1-3-5-14-10(15)9(11)8(7-13-14)12-4-6-16-2/h3,7,12H,1,4-6H2,2H3. The van der Waals surface area contributed by atoms with Gasteiger partial charge in [0.25, 0.3) is 5.56 Å². The summed E-state index contributed by atoms with van der Waals surface area (Å²) in [6.45, 7) is 4.99. The van der Waals surface area contributed by atoms with Crippen LogP contribution >= 0.6 is 11.6 Å². The Morgan fingerprint density at radius 2 is 2.50 bits per heavy atom. The number of methoxy groups -OCH3 is 1. The summed E-state index contributed by atoms with van der Waals surface area (Å²) in [5.74, 6) is 0. The molecule has 88 valence electrons. The van der Waals surface area contributed by atoms with Gasteiger partial charge in [0.05, 0.1) is 25.0 Å². The number of anilines is 1. The van der Waals surface area contributed by atoms with Gasteiger partial charge in [-0.3, -0.25) is 4.79 Å². The predicted molar refractivity (Wildman–Crippen MR) is 64.1 cm³/mol. The number of aromatic nitrogens is 2. The van der Waals surface area contributed by atoms with Crippen molar-refractivity contribution in [3.05, 3.63) is 34.2 Å². The molecule has 1 aromatic rings. The van der Waals surface area contributed by atoms with E-state index in [1.165, 1.54) is 10.9 Å². The van der Waals surface area contributed by atoms with E-state index in [-0.39, 0.29) is 10.6 Å². The summed E-state index contributed by atoms with van der Waals surface area (Å²) in [5, 5.41) is 7.05. The monoisotopic (exact) mass is 243 g/mol. The molecule has 0 saturated heterocycles. The summed E-state index contributed by atoms with van der Waals surface area (Å²) in [5.41, 5.74) is 0.188. The van der Waals surface area contributed by atoms with Crippen molar-refractivity contribution in [3.8, 4) is 0 Å². The average Bonchev–Trinajstić information content (AvgIpc) is 2.28. The molecule has 1 heterocycles. The zero-order valence-electron chi connectivity index (χ0n) is 9.07. The van der Waals surface area contributed by atoms with Crippen LogP contribution in [0.3, 0.4) is 0 Å². The first-order valence-electron chi connectivity index (χ1n) is 4.80. The molecule has 0 spiro atoms. The number of hydrogen-bond acceptors (Lipinski definition) is 4. The Labute approximate surface area is 98.7 Å². The van der Waals surface area contributed by atoms with Crippen molar-refractivity contribution in [1.82, 2.24) is 9.78 Å². The molecule has 0 aliphatic rings. The third kappa shape index (κ3) is 3.08. The number of nitrogens with zero attached hydrogens (tertiary/aromatic N) is 2. The van der Waals surface area contributed by atoms with Gasteiger partial charge in [-0.05, 0) is 0 Å². The number of nitrogens with one attached hydrogen (secondary N) is 1. The molecule has 0 bridgehead atoms. The number of halogens is 1. The Kier molecular flexibility index (Phi) is 5.01. The van der Waals surface area contributed by atoms with E-state index in [0.717, 1.165) is 0 Å². The molecule has 5 nitrogen and oxygen atoms in total. The summed E-state index contributed by atoms with van der Waals surface area (Å²) in [6.07, 6.45) is 3.10. The van der Waals surface area contributed by atoms with Gasteiger partial charge in [-0.1, -0.05) is 17.7 Å². The quantitative estimate of drug-likeness (QED) is 0.601. The van der Waals surface area contributed by atoms with Gasteiger partial charge < -0.3 is 10.1 Å². The molecule has 1 rings (SSSR count). The zero-order chi connectivity index (χ0) is 12.0. The molecule has 16 heavy (non-hydrogen) atoms. The third-order valence-electron chi connectivity index (χ3n) is 1.91. The maximum absolute atomic E-state index is 11.7. The lowest BCUT2D eigenvalue weighted by Gasteiger charge is -2.08. The first-order valence-corrected chi connectivity index (χ1v) is 5.17. The Morgan fingerprint density at radius 3 is 3.12 bits per heavy atom. The summed E-state index contributed by atoms with van der Waals surface area (Å²) >= 11 is 5.90. The number of allylic oxidation sites excluding steroid dienone is 1. The van der Waals surface area contributed by atoms with E-state index in [2.05, 4.69) is 17.0 Å². The maximum atomic E-state index is 11.7. The van der Waals surface area contributed by atoms with E-state index in [9.17, 15) is 4.79 Å². The van der Waals surface area contributed by atoms with E-state index in [1.54, 1.807) is 13.2 Å². The summed E-state index contributed by atoms with van der Waals surface area (Å²) in [7, 11) is 1.60. The molecule has 0 unspecified atom stereocenters. The van der Waals surface area contributed by atoms with Crippen LogP contribution in [0.15, 0.2) is 23.6 Å². The molecule has 0 amide bonds. The van der Waals surface area contributed by atoms with Crippen LogP contribution < -0.4 is 10.9 Å². The normalized spacial score (nSPS) is 10.1. The van der Waals surface area contributed by atoms with Crippen LogP contribution in [0.4, 0.5) is 5.69 Å². The molecule has 0 radical (unpaired) electrons. The lowest BCUT2D eigenvalue weighted by atomic mass is 10.4. The van der Waals surface area contributed by atoms with Crippen LogP contribution in [0.25, 0.3) is 0 Å². The molecule has 1 N–H and O–H groups in total. The first kappa shape index (κ1) is 12.7. The van der Waals surface area contributed by atoms with Crippen molar-refractivity contribution in [2.75, 3.05) is 25.6 Å². The van der Waals surface area contributed by atoms with Gasteiger partial charge in [-0.2, -0.15) is 5.10 Å². The van der Waals surface area contributed by atoms with Crippen molar-refractivity contribution < 1.29 is 4.74 Å². The molecule has 1 aromatic heterocycles. The molecule has 0 aliphatic carbocycles. The van der Waals surface area contributed by atoms with Crippen LogP contribution in [-0.2, 0) is 11.3 Å². The Hall–Kier alpha value is -1.33. The van der Waals surface area contributed by atoms with Gasteiger partial charge in [0.2, 0.25) is 0 Å². The molecule has 6 heteroatoms. The van der Waals surface area contributed by atoms with Crippen molar-refractivity contribution in [1.29, 1.82) is 0 Å². The Bertz CT molecular complexity index is 417. The summed E-state index contributed by atoms with van der Waals surface area (Å²) in [6, 6.07) is 0. The minimum absolute atomic E-state index is 0.132. The van der Waals surface area contributed by atoms with Crippen molar-refractivity contribution in [3.63, 3.8) is 0 Å². The van der Waals surface area contributed by atoms with Crippen molar-refractivity contribution in [2.45, 2.75) is 6.54 Å². The summed E-state index contributed by atoms with van der Waals surface area (Å²) in [4.78, 5) is 11.7. The Morgan fingerprint density at radius 1 is 1.75 bits per heavy atom. The fourth-order valence-corrected chi connectivity index (χ4v) is 1.34. The largest absolute Gasteiger partial charge is 0.383 e. The topological polar surface area (TPSA) is 56.1 Å². The van der Waals surface area contributed by atoms with Gasteiger partial charge in [0, 0.05) is 13.7 Å². The SMILES string of the molecule is C=CCn1ncc(NCCOC)c(Cl)c1=O. The van der Waals surface area contributed by atoms with E-state index < -0.39 is 0 Å². The molecular weight excluding hydrogens is 230 g/mol. The summed E-state index contributed by atoms with van der Waals surface area (Å²) < 4.78 is 6.12. The molecule has 0 saturated carbocycles. The van der Waals surface area contributed by atoms with Gasteiger partial charge in [0.15, 0.2) is 0 Å². The first-order chi connectivity index (χ1) is 7.70. The lowest BCUT2D eigenvalue weighted by Crippen LogP contribution is -2.24. The zero-order valence-corrected chi connectivity index (χ0v) is 9.83. The average molecular weight is 244 g/mol. The highest BCUT2D eigenvalue weighted by molar-refractivity contribution is 6.32. The van der Waals surface area contributed by atoms with E-state index in [1.807, 2.05) is 0 Å². The molecule has 0 aliphatic heterocycles. The predicted octanol–water partition coefficient (Wildman–Crippen LogP) is 1.14. The van der Waals surface area contributed by atoms with Crippen LogP contribution in [0, 0.1) is 0 Å². The van der Waals surface area contributed by atoms with Gasteiger partial charge >= 0.3 is 0 Å². The van der Waals surface area contributed by atoms with Gasteiger partial charge in [-0.25, -0.2) is 4.68 Å². The smallest absolute Gasteiger partial charge is 0.287 e. The van der Waals surface area contributed by atoms with Crippen LogP contribution in [0.1, 0.15) is 0 Å². The molecule has 0 fully saturated rings. The second kappa shape index (κ2) is 6.30. The van der Waals surface area contributed by atoms with Gasteiger partial charge in [0.1, 0.15) is 5.02 Å². The highest BCUT2D eigenvalue weighted by atomic mass is 35.5. The maximum Gasteiger partial charge on any atom is 0.287 e. The molecular formula is C10H14ClN3O2. The fraction of sp³-hybridized carbons (Fsp3) is 0.400. The minimum Gasteiger partial charge on any atom is -0.383 e. The van der Waals surface area contributed by atoms with E-state index in [4.69, 9.17) is 16.3 Å². The van der Waals surface area contributed by atoms with E-state index >= 15 is 0 Å². The Balaban J connectivity index is 2.85. The van der Waals surface area contributed by atoms with Crippen LogP contribution in [-0.4, -0.2) is 30.0 Å². The number of hydrogen-bond donors (Lipinski definition) is 1. The van der Waals surface area contributed by atoms with Gasteiger partial charge in [-0.15, -0.1) is 6.58 Å². The second-order valence-electron chi connectivity index (χ2n) is 3.07. The highest BCUT2D eigenvalue weighted by Crippen LogP contribution is 2.14. The van der Waals surface area contributed by atoms with Crippen LogP contribution in [0.2, 0.25) is 5.02 Å². The molecule has 0 atom stereocenters. The van der Waals surface area contributed by atoms with Crippen molar-refractivity contribution in [2.24, 2.45) is 0 Å². The highest BCUT2D eigenvalue weighted by Gasteiger charge is 2.07.